The summed E-state index contributed by atoms with van der Waals surface area (Å²) < 4.78 is 16.3. The molecule has 1 atom stereocenters. The standard InChI is InChI=1S/C19H17NO5/c1-11(2)19(22)25-15-9-8-12(10-16(15)23-3)18-20-17(21)13-6-4-5-7-14(13)24-18/h4-10,18H,1H2,2-3H3,(H,20,21). The van der Waals surface area contributed by atoms with Crippen molar-refractivity contribution in [1.82, 2.24) is 5.32 Å². The Morgan fingerprint density at radius 2 is 1.96 bits per heavy atom. The van der Waals surface area contributed by atoms with Crippen molar-refractivity contribution in [3.8, 4) is 17.2 Å². The summed E-state index contributed by atoms with van der Waals surface area (Å²) in [6.07, 6.45) is -0.665. The third-order valence-corrected chi connectivity index (χ3v) is 3.68. The molecule has 1 amide bonds. The summed E-state index contributed by atoms with van der Waals surface area (Å²) in [7, 11) is 1.47. The second kappa shape index (κ2) is 6.68. The fraction of sp³-hybridized carbons (Fsp3) is 0.158. The van der Waals surface area contributed by atoms with Gasteiger partial charge in [-0.15, -0.1) is 0 Å². The van der Waals surface area contributed by atoms with Gasteiger partial charge < -0.3 is 19.5 Å². The monoisotopic (exact) mass is 339 g/mol. The van der Waals surface area contributed by atoms with Crippen LogP contribution in [0.4, 0.5) is 0 Å². The zero-order valence-corrected chi connectivity index (χ0v) is 13.9. The molecule has 1 aliphatic rings. The Balaban J connectivity index is 1.88. The van der Waals surface area contributed by atoms with Gasteiger partial charge >= 0.3 is 5.97 Å². The lowest BCUT2D eigenvalue weighted by Gasteiger charge is -2.27. The van der Waals surface area contributed by atoms with E-state index in [1.165, 1.54) is 7.11 Å². The molecule has 1 heterocycles. The van der Waals surface area contributed by atoms with E-state index in [-0.39, 0.29) is 17.2 Å². The number of benzene rings is 2. The molecule has 0 radical (unpaired) electrons. The number of ether oxygens (including phenoxy) is 3. The maximum Gasteiger partial charge on any atom is 0.338 e. The first-order chi connectivity index (χ1) is 12.0. The highest BCUT2D eigenvalue weighted by molar-refractivity contribution is 5.98. The molecule has 6 nitrogen and oxygen atoms in total. The van der Waals surface area contributed by atoms with E-state index >= 15 is 0 Å². The van der Waals surface area contributed by atoms with Crippen LogP contribution in [0.2, 0.25) is 0 Å². The second-order valence-electron chi connectivity index (χ2n) is 5.55. The normalized spacial score (nSPS) is 15.4. The zero-order chi connectivity index (χ0) is 18.0. The number of carbonyl (C=O) groups is 2. The number of methoxy groups -OCH3 is 1. The second-order valence-corrected chi connectivity index (χ2v) is 5.55. The Bertz CT molecular complexity index is 859. The molecule has 0 aromatic heterocycles. The summed E-state index contributed by atoms with van der Waals surface area (Å²) in [5.41, 5.74) is 1.43. The van der Waals surface area contributed by atoms with Crippen LogP contribution in [0.1, 0.15) is 29.1 Å². The van der Waals surface area contributed by atoms with Crippen LogP contribution in [0, 0.1) is 0 Å². The smallest absolute Gasteiger partial charge is 0.338 e. The van der Waals surface area contributed by atoms with E-state index in [1.807, 2.05) is 0 Å². The van der Waals surface area contributed by atoms with Crippen molar-refractivity contribution in [3.05, 3.63) is 65.7 Å². The molecule has 1 aliphatic heterocycles. The van der Waals surface area contributed by atoms with Gasteiger partial charge in [-0.2, -0.15) is 0 Å². The summed E-state index contributed by atoms with van der Waals surface area (Å²) in [5.74, 6) is 0.365. The third kappa shape index (κ3) is 3.33. The third-order valence-electron chi connectivity index (χ3n) is 3.68. The molecule has 2 aromatic carbocycles. The van der Waals surface area contributed by atoms with Crippen molar-refractivity contribution in [2.45, 2.75) is 13.2 Å². The Labute approximate surface area is 145 Å². The number of hydrogen-bond acceptors (Lipinski definition) is 5. The minimum absolute atomic E-state index is 0.219. The van der Waals surface area contributed by atoms with Crippen molar-refractivity contribution < 1.29 is 23.8 Å². The first-order valence-electron chi connectivity index (χ1n) is 7.61. The minimum Gasteiger partial charge on any atom is -0.493 e. The van der Waals surface area contributed by atoms with Gasteiger partial charge in [-0.1, -0.05) is 18.7 Å². The molecular weight excluding hydrogens is 322 g/mol. The van der Waals surface area contributed by atoms with E-state index < -0.39 is 12.2 Å². The molecule has 0 fully saturated rings. The Kier molecular flexibility index (Phi) is 4.43. The molecule has 6 heteroatoms. The lowest BCUT2D eigenvalue weighted by molar-refractivity contribution is -0.130. The van der Waals surface area contributed by atoms with Gasteiger partial charge in [-0.3, -0.25) is 4.79 Å². The molecule has 3 rings (SSSR count). The number of hydrogen-bond donors (Lipinski definition) is 1. The van der Waals surface area contributed by atoms with Gasteiger partial charge in [0, 0.05) is 11.1 Å². The fourth-order valence-electron chi connectivity index (χ4n) is 2.38. The van der Waals surface area contributed by atoms with Crippen molar-refractivity contribution in [3.63, 3.8) is 0 Å². The fourth-order valence-corrected chi connectivity index (χ4v) is 2.38. The maximum atomic E-state index is 12.2. The van der Waals surface area contributed by atoms with Gasteiger partial charge in [0.1, 0.15) is 5.75 Å². The van der Waals surface area contributed by atoms with E-state index in [1.54, 1.807) is 49.4 Å². The summed E-state index contributed by atoms with van der Waals surface area (Å²) in [5, 5.41) is 2.78. The molecule has 2 aromatic rings. The average Bonchev–Trinajstić information content (AvgIpc) is 2.61. The molecule has 1 unspecified atom stereocenters. The quantitative estimate of drug-likeness (QED) is 0.527. The molecular formula is C19H17NO5. The largest absolute Gasteiger partial charge is 0.493 e. The number of amides is 1. The zero-order valence-electron chi connectivity index (χ0n) is 13.9. The van der Waals surface area contributed by atoms with Crippen molar-refractivity contribution in [2.24, 2.45) is 0 Å². The Morgan fingerprint density at radius 3 is 2.68 bits per heavy atom. The van der Waals surface area contributed by atoms with Crippen molar-refractivity contribution in [1.29, 1.82) is 0 Å². The maximum absolute atomic E-state index is 12.2. The number of carbonyl (C=O) groups excluding carboxylic acids is 2. The predicted octanol–water partition coefficient (Wildman–Crippen LogP) is 3.00. The first-order valence-corrected chi connectivity index (χ1v) is 7.61. The minimum atomic E-state index is -0.665. The Hall–Kier alpha value is -3.28. The summed E-state index contributed by atoms with van der Waals surface area (Å²) >= 11 is 0. The van der Waals surface area contributed by atoms with E-state index in [9.17, 15) is 9.59 Å². The molecule has 25 heavy (non-hydrogen) atoms. The molecule has 0 aliphatic carbocycles. The average molecular weight is 339 g/mol. The van der Waals surface area contributed by atoms with E-state index in [0.717, 1.165) is 0 Å². The number of nitrogens with one attached hydrogen (secondary N) is 1. The topological polar surface area (TPSA) is 73.9 Å². The summed E-state index contributed by atoms with van der Waals surface area (Å²) in [6.45, 7) is 5.11. The summed E-state index contributed by atoms with van der Waals surface area (Å²) in [4.78, 5) is 23.9. The van der Waals surface area contributed by atoms with Crippen LogP contribution in [-0.2, 0) is 4.79 Å². The predicted molar refractivity (Wildman–Crippen MR) is 90.7 cm³/mol. The van der Waals surface area contributed by atoms with Crippen LogP contribution < -0.4 is 19.5 Å². The van der Waals surface area contributed by atoms with Crippen LogP contribution in [0.3, 0.4) is 0 Å². The first kappa shape index (κ1) is 16.6. The lowest BCUT2D eigenvalue weighted by atomic mass is 10.1. The van der Waals surface area contributed by atoms with E-state index in [0.29, 0.717) is 22.6 Å². The van der Waals surface area contributed by atoms with Crippen LogP contribution in [0.25, 0.3) is 0 Å². The van der Waals surface area contributed by atoms with Gasteiger partial charge in [-0.25, -0.2) is 4.79 Å². The van der Waals surface area contributed by atoms with Gasteiger partial charge in [0.05, 0.1) is 12.7 Å². The van der Waals surface area contributed by atoms with Crippen LogP contribution in [0.15, 0.2) is 54.6 Å². The molecule has 0 spiro atoms. The Morgan fingerprint density at radius 1 is 1.20 bits per heavy atom. The molecule has 0 saturated heterocycles. The molecule has 128 valence electrons. The van der Waals surface area contributed by atoms with Gasteiger partial charge in [0.15, 0.2) is 17.7 Å². The van der Waals surface area contributed by atoms with Crippen LogP contribution in [0.5, 0.6) is 17.2 Å². The van der Waals surface area contributed by atoms with Crippen LogP contribution in [-0.4, -0.2) is 19.0 Å². The van der Waals surface area contributed by atoms with Gasteiger partial charge in [0.2, 0.25) is 0 Å². The highest BCUT2D eigenvalue weighted by Gasteiger charge is 2.27. The number of esters is 1. The number of fused-ring (bicyclic) bond motifs is 1. The number of para-hydroxylation sites is 1. The highest BCUT2D eigenvalue weighted by Crippen LogP contribution is 2.34. The van der Waals surface area contributed by atoms with Gasteiger partial charge in [0.25, 0.3) is 5.91 Å². The van der Waals surface area contributed by atoms with Crippen molar-refractivity contribution >= 4 is 11.9 Å². The highest BCUT2D eigenvalue weighted by atomic mass is 16.6. The van der Waals surface area contributed by atoms with Gasteiger partial charge in [-0.05, 0) is 37.3 Å². The molecule has 1 N–H and O–H groups in total. The van der Waals surface area contributed by atoms with Crippen molar-refractivity contribution in [2.75, 3.05) is 7.11 Å². The van der Waals surface area contributed by atoms with Crippen LogP contribution >= 0.6 is 0 Å². The van der Waals surface area contributed by atoms with E-state index in [4.69, 9.17) is 14.2 Å². The number of rotatable bonds is 4. The van der Waals surface area contributed by atoms with E-state index in [2.05, 4.69) is 11.9 Å². The molecule has 0 bridgehead atoms. The summed E-state index contributed by atoms with van der Waals surface area (Å²) in [6, 6.07) is 11.9. The lowest BCUT2D eigenvalue weighted by Crippen LogP contribution is -2.36. The molecule has 0 saturated carbocycles. The SMILES string of the molecule is C=C(C)C(=O)Oc1ccc(C2NC(=O)c3ccccc3O2)cc1OC.